The van der Waals surface area contributed by atoms with Gasteiger partial charge in [-0.05, 0) is 80.0 Å². The number of aliphatic imine (C=N–C) groups is 2. The van der Waals surface area contributed by atoms with Crippen molar-refractivity contribution in [3.8, 4) is 5.75 Å². The average molecular weight is 966 g/mol. The highest BCUT2D eigenvalue weighted by molar-refractivity contribution is 5.96. The highest BCUT2D eigenvalue weighted by Gasteiger charge is 2.33. The summed E-state index contributed by atoms with van der Waals surface area (Å²) in [6.07, 6.45) is 1.38. The number of aromatic hydroxyl groups is 1. The molecular formula is C46H75N15O8. The maximum atomic E-state index is 14.2. The number of guanidine groups is 2. The minimum atomic E-state index is -1.28. The summed E-state index contributed by atoms with van der Waals surface area (Å²) < 4.78 is 0. The second-order valence-corrected chi connectivity index (χ2v) is 17.7. The standard InChI is InChI=1S/C46H75N15O8/c1-27(2)20-35(40(48)65)60-42(67)34(13-9-19-55-46(51)52)58-41(66)33(12-8-18-54-45(49)50)59-43(68)36(21-28(3)4)61-44(69)37(23-29-10-6-5-7-11-29)57-39(64)26-56-38(63)25-53-24-31(47)22-30-14-16-32(62)17-15-30/h5-7,10-11,14-17,27-28,31,33-37,53,62H,8-9,12-13,18-26,47H2,1-4H3,(H2,48,65)(H,56,63)(H,57,64)(H,58,66)(H,59,68)(H,60,67)(H,61,69)(H4,49,50,54)(H4,51,52,55)/t31-,33-,34-,35+,36-,37-/m0/s1. The molecule has 0 bridgehead atoms. The summed E-state index contributed by atoms with van der Waals surface area (Å²) in [6, 6.07) is 9.24. The summed E-state index contributed by atoms with van der Waals surface area (Å²) in [6.45, 7) is 7.30. The Morgan fingerprint density at radius 3 is 1.52 bits per heavy atom. The molecule has 2 rings (SSSR count). The summed E-state index contributed by atoms with van der Waals surface area (Å²) in [5.74, 6) is -5.17. The van der Waals surface area contributed by atoms with E-state index >= 15 is 0 Å². The average Bonchev–Trinajstić information content (AvgIpc) is 3.27. The highest BCUT2D eigenvalue weighted by Crippen LogP contribution is 2.13. The van der Waals surface area contributed by atoms with E-state index in [1.165, 1.54) is 0 Å². The number of nitrogens with two attached hydrogens (primary N) is 6. The molecule has 0 radical (unpaired) electrons. The Morgan fingerprint density at radius 1 is 0.551 bits per heavy atom. The van der Waals surface area contributed by atoms with Crippen LogP contribution in [0, 0.1) is 11.8 Å². The summed E-state index contributed by atoms with van der Waals surface area (Å²) in [5.41, 5.74) is 35.3. The van der Waals surface area contributed by atoms with Crippen LogP contribution in [-0.4, -0.2) is 127 Å². The molecule has 0 saturated carbocycles. The van der Waals surface area contributed by atoms with Crippen molar-refractivity contribution < 1.29 is 38.7 Å². The first-order valence-electron chi connectivity index (χ1n) is 23.1. The lowest BCUT2D eigenvalue weighted by Gasteiger charge is -2.28. The first-order chi connectivity index (χ1) is 32.6. The summed E-state index contributed by atoms with van der Waals surface area (Å²) in [4.78, 5) is 102. The molecule has 6 atom stereocenters. The van der Waals surface area contributed by atoms with Gasteiger partial charge in [-0.3, -0.25) is 43.5 Å². The number of rotatable bonds is 32. The lowest BCUT2D eigenvalue weighted by atomic mass is 10.00. The Balaban J connectivity index is 2.27. The fourth-order valence-corrected chi connectivity index (χ4v) is 6.98. The van der Waals surface area contributed by atoms with Crippen LogP contribution in [0.3, 0.4) is 0 Å². The molecule has 0 heterocycles. The Bertz CT molecular complexity index is 2010. The van der Waals surface area contributed by atoms with Crippen LogP contribution in [0.15, 0.2) is 64.6 Å². The van der Waals surface area contributed by atoms with Gasteiger partial charge < -0.3 is 76.7 Å². The van der Waals surface area contributed by atoms with Crippen molar-refractivity contribution in [2.75, 3.05) is 32.7 Å². The molecule has 69 heavy (non-hydrogen) atoms. The predicted octanol–water partition coefficient (Wildman–Crippen LogP) is -2.68. The van der Waals surface area contributed by atoms with Crippen LogP contribution in [-0.2, 0) is 46.4 Å². The van der Waals surface area contributed by atoms with Crippen molar-refractivity contribution in [1.29, 1.82) is 0 Å². The number of hydrogen-bond donors (Lipinski definition) is 14. The second-order valence-electron chi connectivity index (χ2n) is 17.7. The fraction of sp³-hybridized carbons (Fsp3) is 0.543. The zero-order valence-corrected chi connectivity index (χ0v) is 40.2. The Hall–Kier alpha value is -7.01. The van der Waals surface area contributed by atoms with Gasteiger partial charge in [0, 0.05) is 32.1 Å². The van der Waals surface area contributed by atoms with Crippen LogP contribution in [0.2, 0.25) is 0 Å². The van der Waals surface area contributed by atoms with E-state index in [1.807, 2.05) is 27.7 Å². The van der Waals surface area contributed by atoms with Gasteiger partial charge in [0.2, 0.25) is 41.4 Å². The number of nitrogens with zero attached hydrogens (tertiary/aromatic N) is 2. The number of hydrogen-bond acceptors (Lipinski definition) is 12. The Morgan fingerprint density at radius 2 is 1.01 bits per heavy atom. The third-order valence-corrected chi connectivity index (χ3v) is 10.4. The third kappa shape index (κ3) is 25.1. The third-order valence-electron chi connectivity index (χ3n) is 10.4. The van der Waals surface area contributed by atoms with E-state index in [2.05, 4.69) is 47.2 Å². The molecule has 0 spiro atoms. The van der Waals surface area contributed by atoms with Crippen molar-refractivity contribution in [1.82, 2.24) is 37.2 Å². The lowest BCUT2D eigenvalue weighted by Crippen LogP contribution is -2.59. The monoisotopic (exact) mass is 966 g/mol. The maximum Gasteiger partial charge on any atom is 0.243 e. The van der Waals surface area contributed by atoms with Gasteiger partial charge in [0.1, 0.15) is 36.0 Å². The number of nitrogens with one attached hydrogen (secondary N) is 7. The van der Waals surface area contributed by atoms with Crippen molar-refractivity contribution in [2.45, 2.75) is 115 Å². The van der Waals surface area contributed by atoms with Gasteiger partial charge in [-0.1, -0.05) is 70.2 Å². The maximum absolute atomic E-state index is 14.2. The summed E-state index contributed by atoms with van der Waals surface area (Å²) in [5, 5.41) is 28.5. The molecule has 0 aliphatic carbocycles. The molecule has 23 nitrogen and oxygen atoms in total. The molecular weight excluding hydrogens is 891 g/mol. The summed E-state index contributed by atoms with van der Waals surface area (Å²) >= 11 is 0. The Labute approximate surface area is 404 Å². The number of amides is 7. The fourth-order valence-electron chi connectivity index (χ4n) is 6.98. The van der Waals surface area contributed by atoms with Gasteiger partial charge in [-0.2, -0.15) is 0 Å². The van der Waals surface area contributed by atoms with E-state index in [1.54, 1.807) is 54.6 Å². The SMILES string of the molecule is CC(C)C[C@H](NC(=O)[C@H](Cc1ccccc1)NC(=O)CNC(=O)CNC[C@@H](N)Cc1ccc(O)cc1)C(=O)N[C@@H](CCCN=C(N)N)C(=O)N[C@@H](CCCN=C(N)N)C(=O)N[C@H](CC(C)C)C(N)=O. The lowest BCUT2D eigenvalue weighted by molar-refractivity contribution is -0.135. The normalized spacial score (nSPS) is 13.6. The minimum Gasteiger partial charge on any atom is -0.508 e. The molecule has 23 heteroatoms. The molecule has 0 saturated heterocycles. The van der Waals surface area contributed by atoms with Gasteiger partial charge in [0.05, 0.1) is 13.1 Å². The second kappa shape index (κ2) is 31.1. The molecule has 7 amide bonds. The largest absolute Gasteiger partial charge is 0.508 e. The van der Waals surface area contributed by atoms with E-state index in [9.17, 15) is 38.7 Å². The smallest absolute Gasteiger partial charge is 0.243 e. The van der Waals surface area contributed by atoms with Gasteiger partial charge in [-0.15, -0.1) is 0 Å². The van der Waals surface area contributed by atoms with Crippen LogP contribution in [0.25, 0.3) is 0 Å². The molecule has 382 valence electrons. The number of phenols is 1. The van der Waals surface area contributed by atoms with E-state index in [0.717, 1.165) is 5.56 Å². The van der Waals surface area contributed by atoms with Gasteiger partial charge in [0.15, 0.2) is 11.9 Å². The molecule has 2 aromatic rings. The molecule has 20 N–H and O–H groups in total. The minimum absolute atomic E-state index is 0.00314. The molecule has 0 aliphatic rings. The first kappa shape index (κ1) is 58.1. The number of carbonyl (C=O) groups is 7. The topological polar surface area (TPSA) is 405 Å². The summed E-state index contributed by atoms with van der Waals surface area (Å²) in [7, 11) is 0. The van der Waals surface area contributed by atoms with Gasteiger partial charge >= 0.3 is 0 Å². The quantitative estimate of drug-likeness (QED) is 0.0202. The van der Waals surface area contributed by atoms with Gasteiger partial charge in [-0.25, -0.2) is 0 Å². The van der Waals surface area contributed by atoms with Crippen LogP contribution in [0.1, 0.15) is 77.3 Å². The zero-order chi connectivity index (χ0) is 51.5. The number of primary amides is 1. The van der Waals surface area contributed by atoms with Crippen LogP contribution >= 0.6 is 0 Å². The van der Waals surface area contributed by atoms with Crippen molar-refractivity contribution in [3.63, 3.8) is 0 Å². The van der Waals surface area contributed by atoms with Gasteiger partial charge in [0.25, 0.3) is 0 Å². The predicted molar refractivity (Wildman–Crippen MR) is 263 cm³/mol. The molecule has 0 fully saturated rings. The molecule has 0 aliphatic heterocycles. The van der Waals surface area contributed by atoms with Crippen LogP contribution < -0.4 is 71.6 Å². The van der Waals surface area contributed by atoms with Crippen molar-refractivity contribution in [2.24, 2.45) is 56.2 Å². The number of benzene rings is 2. The first-order valence-corrected chi connectivity index (χ1v) is 23.1. The van der Waals surface area contributed by atoms with E-state index < -0.39 is 78.1 Å². The Kier molecular flexibility index (Phi) is 26.2. The number of phenolic OH excluding ortho intramolecular Hbond substituents is 1. The highest BCUT2D eigenvalue weighted by atomic mass is 16.3. The van der Waals surface area contributed by atoms with E-state index in [0.29, 0.717) is 18.5 Å². The zero-order valence-electron chi connectivity index (χ0n) is 40.2. The van der Waals surface area contributed by atoms with E-state index in [4.69, 9.17) is 34.4 Å². The molecule has 0 aromatic heterocycles. The van der Waals surface area contributed by atoms with Crippen LogP contribution in [0.5, 0.6) is 5.75 Å². The van der Waals surface area contributed by atoms with E-state index in [-0.39, 0.29) is 100 Å². The van der Waals surface area contributed by atoms with Crippen molar-refractivity contribution >= 4 is 53.3 Å². The number of carbonyl (C=O) groups excluding carboxylic acids is 7. The molecule has 2 aromatic carbocycles. The van der Waals surface area contributed by atoms with Crippen LogP contribution in [0.4, 0.5) is 0 Å². The van der Waals surface area contributed by atoms with Crippen molar-refractivity contribution in [3.05, 3.63) is 65.7 Å². The molecule has 0 unspecified atom stereocenters.